The lowest BCUT2D eigenvalue weighted by Gasteiger charge is -2.07. The summed E-state index contributed by atoms with van der Waals surface area (Å²) >= 11 is 18.6. The fourth-order valence-electron chi connectivity index (χ4n) is 1.68. The molecule has 3 nitrogen and oxygen atoms in total. The van der Waals surface area contributed by atoms with Crippen molar-refractivity contribution in [3.8, 4) is 0 Å². The minimum Gasteiger partial charge on any atom is -0.273 e. The van der Waals surface area contributed by atoms with Crippen molar-refractivity contribution >= 4 is 50.3 Å². The Morgan fingerprint density at radius 2 is 0.905 bits per heavy atom. The Morgan fingerprint density at radius 1 is 0.667 bits per heavy atom. The van der Waals surface area contributed by atoms with E-state index in [9.17, 15) is 0 Å². The molecule has 1 aromatic rings. The van der Waals surface area contributed by atoms with Crippen molar-refractivity contribution in [3.63, 3.8) is 0 Å². The molecule has 0 aliphatic carbocycles. The second kappa shape index (κ2) is 9.19. The maximum Gasteiger partial charge on any atom is 0.130 e. The van der Waals surface area contributed by atoms with Crippen LogP contribution >= 0.6 is 34.8 Å². The fraction of sp³-hybridized carbons (Fsp3) is 0.400. The van der Waals surface area contributed by atoms with E-state index in [1.807, 2.05) is 39.0 Å². The number of halogens is 3. The van der Waals surface area contributed by atoms with Crippen LogP contribution in [-0.2, 0) is 0 Å². The maximum atomic E-state index is 6.20. The Bertz CT molecular complexity index is 484. The molecule has 21 heavy (non-hydrogen) atoms. The average molecular weight is 347 g/mol. The van der Waals surface area contributed by atoms with Crippen molar-refractivity contribution in [3.05, 3.63) is 34.9 Å². The van der Waals surface area contributed by atoms with Crippen LogP contribution in [0.4, 0.5) is 0 Å². The molecule has 0 spiro atoms. The molecule has 0 aromatic heterocycles. The Labute approximate surface area is 140 Å². The van der Waals surface area contributed by atoms with Crippen LogP contribution < -0.4 is 0 Å². The number of hydrogen-bond acceptors (Lipinski definition) is 3. The second-order valence-corrected chi connectivity index (χ2v) is 5.17. The fourth-order valence-corrected chi connectivity index (χ4v) is 2.36. The van der Waals surface area contributed by atoms with Crippen molar-refractivity contribution in [1.29, 1.82) is 0 Å². The third-order valence-corrected chi connectivity index (χ3v) is 3.55. The summed E-state index contributed by atoms with van der Waals surface area (Å²) in [6, 6.07) is 5.55. The zero-order chi connectivity index (χ0) is 15.8. The largest absolute Gasteiger partial charge is 0.273 e. The Balaban J connectivity index is 3.43. The third kappa shape index (κ3) is 5.42. The van der Waals surface area contributed by atoms with Gasteiger partial charge in [0.2, 0.25) is 0 Å². The number of hydrogen-bond donors (Lipinski definition) is 0. The summed E-state index contributed by atoms with van der Waals surface area (Å²) in [4.78, 5) is 12.6. The lowest BCUT2D eigenvalue weighted by atomic mass is 10.1. The maximum absolute atomic E-state index is 6.20. The van der Waals surface area contributed by atoms with Crippen LogP contribution in [0.15, 0.2) is 33.2 Å². The lowest BCUT2D eigenvalue weighted by Crippen LogP contribution is -2.03. The normalized spacial score (nSPS) is 13.7. The second-order valence-electron chi connectivity index (χ2n) is 4.09. The average Bonchev–Trinajstić information content (AvgIpc) is 2.47. The van der Waals surface area contributed by atoms with Gasteiger partial charge in [0.1, 0.15) is 15.5 Å². The minimum atomic E-state index is 0.419. The van der Waals surface area contributed by atoms with Crippen LogP contribution in [0.3, 0.4) is 0 Å². The van der Waals surface area contributed by atoms with Crippen molar-refractivity contribution < 1.29 is 0 Å². The molecule has 0 radical (unpaired) electrons. The summed E-state index contributed by atoms with van der Waals surface area (Å²) in [6.07, 6.45) is 0. The molecule has 0 aliphatic rings. The Morgan fingerprint density at radius 3 is 1.10 bits per heavy atom. The standard InChI is InChI=1S/C15H18Cl3N3/c1-4-19-13(16)10-7-11(14(17)20-5-2)9-12(8-10)15(18)21-6-3/h7-9H,4-6H2,1-3H3. The molecule has 1 aromatic carbocycles. The highest BCUT2D eigenvalue weighted by Crippen LogP contribution is 2.18. The molecule has 0 saturated heterocycles. The summed E-state index contributed by atoms with van der Waals surface area (Å²) in [6.45, 7) is 7.57. The number of rotatable bonds is 6. The Hall–Kier alpha value is -0.900. The quantitative estimate of drug-likeness (QED) is 0.669. The molecule has 1 rings (SSSR count). The zero-order valence-electron chi connectivity index (χ0n) is 12.3. The molecule has 0 fully saturated rings. The van der Waals surface area contributed by atoms with Gasteiger partial charge >= 0.3 is 0 Å². The van der Waals surface area contributed by atoms with Gasteiger partial charge < -0.3 is 0 Å². The van der Waals surface area contributed by atoms with Crippen LogP contribution in [0.5, 0.6) is 0 Å². The lowest BCUT2D eigenvalue weighted by molar-refractivity contribution is 1.13. The summed E-state index contributed by atoms with van der Waals surface area (Å²) in [5.74, 6) is 0. The van der Waals surface area contributed by atoms with Gasteiger partial charge in [0.05, 0.1) is 0 Å². The van der Waals surface area contributed by atoms with Gasteiger partial charge in [-0.05, 0) is 39.0 Å². The molecule has 0 N–H and O–H groups in total. The van der Waals surface area contributed by atoms with Gasteiger partial charge in [-0.1, -0.05) is 34.8 Å². The van der Waals surface area contributed by atoms with E-state index in [0.29, 0.717) is 35.1 Å². The molecular formula is C15H18Cl3N3. The van der Waals surface area contributed by atoms with E-state index in [0.717, 1.165) is 16.7 Å². The van der Waals surface area contributed by atoms with E-state index in [-0.39, 0.29) is 0 Å². The molecule has 6 heteroatoms. The molecular weight excluding hydrogens is 329 g/mol. The number of aliphatic imine (C=N–C) groups is 3. The van der Waals surface area contributed by atoms with E-state index < -0.39 is 0 Å². The molecule has 0 aliphatic heterocycles. The van der Waals surface area contributed by atoms with Gasteiger partial charge in [0.25, 0.3) is 0 Å². The predicted molar refractivity (Wildman–Crippen MR) is 95.2 cm³/mol. The molecule has 0 bridgehead atoms. The number of benzene rings is 1. The van der Waals surface area contributed by atoms with Gasteiger partial charge in [0.15, 0.2) is 0 Å². The van der Waals surface area contributed by atoms with Gasteiger partial charge in [-0.3, -0.25) is 15.0 Å². The first-order chi connectivity index (χ1) is 10.0. The first-order valence-electron chi connectivity index (χ1n) is 6.79. The summed E-state index contributed by atoms with van der Waals surface area (Å²) in [7, 11) is 0. The van der Waals surface area contributed by atoms with Crippen molar-refractivity contribution in [1.82, 2.24) is 0 Å². The van der Waals surface area contributed by atoms with Crippen molar-refractivity contribution in [2.75, 3.05) is 19.6 Å². The smallest absolute Gasteiger partial charge is 0.130 e. The van der Waals surface area contributed by atoms with Gasteiger partial charge in [-0.25, -0.2) is 0 Å². The van der Waals surface area contributed by atoms with E-state index in [2.05, 4.69) is 15.0 Å². The van der Waals surface area contributed by atoms with Crippen LogP contribution in [0.2, 0.25) is 0 Å². The molecule has 0 amide bonds. The molecule has 0 heterocycles. The minimum absolute atomic E-state index is 0.419. The molecule has 0 saturated carbocycles. The van der Waals surface area contributed by atoms with E-state index >= 15 is 0 Å². The Kier molecular flexibility index (Phi) is 7.94. The summed E-state index contributed by atoms with van der Waals surface area (Å²) in [5, 5.41) is 1.26. The first-order valence-corrected chi connectivity index (χ1v) is 7.92. The van der Waals surface area contributed by atoms with Crippen LogP contribution in [0.25, 0.3) is 0 Å². The van der Waals surface area contributed by atoms with Crippen LogP contribution in [-0.4, -0.2) is 35.1 Å². The van der Waals surface area contributed by atoms with E-state index in [1.165, 1.54) is 0 Å². The topological polar surface area (TPSA) is 37.1 Å². The van der Waals surface area contributed by atoms with E-state index in [4.69, 9.17) is 34.8 Å². The summed E-state index contributed by atoms with van der Waals surface area (Å²) < 4.78 is 0. The van der Waals surface area contributed by atoms with E-state index in [1.54, 1.807) is 0 Å². The number of nitrogens with zero attached hydrogens (tertiary/aromatic N) is 3. The highest BCUT2D eigenvalue weighted by Gasteiger charge is 2.10. The van der Waals surface area contributed by atoms with Crippen molar-refractivity contribution in [2.45, 2.75) is 20.8 Å². The third-order valence-electron chi connectivity index (χ3n) is 2.54. The molecule has 0 atom stereocenters. The van der Waals surface area contributed by atoms with Gasteiger partial charge in [-0.15, -0.1) is 0 Å². The van der Waals surface area contributed by atoms with Crippen molar-refractivity contribution in [2.24, 2.45) is 15.0 Å². The van der Waals surface area contributed by atoms with Gasteiger partial charge in [0, 0.05) is 36.3 Å². The highest BCUT2D eigenvalue weighted by atomic mass is 35.5. The highest BCUT2D eigenvalue weighted by molar-refractivity contribution is 6.72. The molecule has 114 valence electrons. The zero-order valence-corrected chi connectivity index (χ0v) is 14.6. The van der Waals surface area contributed by atoms with Gasteiger partial charge in [-0.2, -0.15) is 0 Å². The predicted octanol–water partition coefficient (Wildman–Crippen LogP) is 4.70. The van der Waals surface area contributed by atoms with Crippen LogP contribution in [0, 0.1) is 0 Å². The molecule has 0 unspecified atom stereocenters. The first kappa shape index (κ1) is 18.1. The monoisotopic (exact) mass is 345 g/mol. The SMILES string of the molecule is CCN=C(Cl)c1cc(C(Cl)=NCC)cc(C(Cl)=NCC)c1. The summed E-state index contributed by atoms with van der Waals surface area (Å²) in [5.41, 5.74) is 2.25. The van der Waals surface area contributed by atoms with Crippen LogP contribution in [0.1, 0.15) is 37.5 Å².